The molecule has 0 spiro atoms. The number of methoxy groups -OCH3 is 1. The van der Waals surface area contributed by atoms with Crippen LogP contribution in [0.25, 0.3) is 0 Å². The van der Waals surface area contributed by atoms with E-state index in [4.69, 9.17) is 9.15 Å². The van der Waals surface area contributed by atoms with Crippen LogP contribution in [-0.2, 0) is 20.7 Å². The minimum absolute atomic E-state index is 0.00194. The molecule has 1 fully saturated rings. The molecule has 1 heterocycles. The first-order chi connectivity index (χ1) is 11.5. The minimum Gasteiger partial charge on any atom is -0.481 e. The molecule has 2 aliphatic carbocycles. The Balaban J connectivity index is 1.76. The summed E-state index contributed by atoms with van der Waals surface area (Å²) >= 11 is 0. The van der Waals surface area contributed by atoms with Gasteiger partial charge in [0.2, 0.25) is 5.91 Å². The van der Waals surface area contributed by atoms with Gasteiger partial charge in [-0.2, -0.15) is 0 Å². The molecule has 0 saturated heterocycles. The SMILES string of the molecule is CCc1ccc(C(COC)NC(=O)C2C3C=CC(C3)C2C(=O)O)o1. The molecule has 2 N–H and O–H groups in total. The first kappa shape index (κ1) is 16.8. The summed E-state index contributed by atoms with van der Waals surface area (Å²) in [5.74, 6) is -0.887. The third-order valence-electron chi connectivity index (χ3n) is 5.07. The van der Waals surface area contributed by atoms with Crippen molar-refractivity contribution < 1.29 is 23.8 Å². The number of rotatable bonds is 7. The van der Waals surface area contributed by atoms with Gasteiger partial charge in [0.25, 0.3) is 0 Å². The average Bonchev–Trinajstić information content (AvgIpc) is 3.28. The largest absolute Gasteiger partial charge is 0.481 e. The molecule has 0 aliphatic heterocycles. The molecular weight excluding hydrogens is 310 g/mol. The van der Waals surface area contributed by atoms with Crippen LogP contribution in [0.5, 0.6) is 0 Å². The van der Waals surface area contributed by atoms with Crippen LogP contribution < -0.4 is 5.32 Å². The number of aliphatic carboxylic acids is 1. The summed E-state index contributed by atoms with van der Waals surface area (Å²) in [7, 11) is 1.56. The number of hydrogen-bond donors (Lipinski definition) is 2. The van der Waals surface area contributed by atoms with Gasteiger partial charge in [-0.25, -0.2) is 0 Å². The van der Waals surface area contributed by atoms with Crippen LogP contribution in [0.1, 0.15) is 30.9 Å². The molecule has 24 heavy (non-hydrogen) atoms. The van der Waals surface area contributed by atoms with Crippen molar-refractivity contribution in [2.45, 2.75) is 25.8 Å². The molecule has 5 atom stereocenters. The summed E-state index contributed by atoms with van der Waals surface area (Å²) in [6.45, 7) is 2.27. The van der Waals surface area contributed by atoms with Gasteiger partial charge in [-0.05, 0) is 30.4 Å². The molecule has 2 bridgehead atoms. The van der Waals surface area contributed by atoms with Crippen LogP contribution in [0.2, 0.25) is 0 Å². The molecule has 5 unspecified atom stereocenters. The lowest BCUT2D eigenvalue weighted by Gasteiger charge is -2.26. The van der Waals surface area contributed by atoms with Crippen LogP contribution in [0, 0.1) is 23.7 Å². The molecule has 6 nitrogen and oxygen atoms in total. The second kappa shape index (κ2) is 6.81. The number of allylic oxidation sites excluding steroid dienone is 2. The monoisotopic (exact) mass is 333 g/mol. The zero-order valence-corrected chi connectivity index (χ0v) is 13.9. The standard InChI is InChI=1S/C18H23NO5/c1-3-12-6-7-14(24-12)13(9-23-2)19-17(20)15-10-4-5-11(8-10)16(15)18(21)22/h4-7,10-11,13,15-16H,3,8-9H2,1-2H3,(H,19,20)(H,21,22). The average molecular weight is 333 g/mol. The van der Waals surface area contributed by atoms with E-state index in [2.05, 4.69) is 5.32 Å². The van der Waals surface area contributed by atoms with E-state index in [1.807, 2.05) is 31.2 Å². The van der Waals surface area contributed by atoms with Crippen molar-refractivity contribution in [2.24, 2.45) is 23.7 Å². The lowest BCUT2D eigenvalue weighted by Crippen LogP contribution is -2.42. The number of ether oxygens (including phenoxy) is 1. The molecular formula is C18H23NO5. The molecule has 3 rings (SSSR count). The predicted molar refractivity (Wildman–Crippen MR) is 86.2 cm³/mol. The van der Waals surface area contributed by atoms with E-state index in [0.29, 0.717) is 5.76 Å². The van der Waals surface area contributed by atoms with Crippen LogP contribution in [-0.4, -0.2) is 30.7 Å². The zero-order chi connectivity index (χ0) is 17.3. The summed E-state index contributed by atoms with van der Waals surface area (Å²) in [4.78, 5) is 24.4. The van der Waals surface area contributed by atoms with Gasteiger partial charge in [-0.1, -0.05) is 19.1 Å². The highest BCUT2D eigenvalue weighted by Gasteiger charge is 2.51. The predicted octanol–water partition coefficient (Wildman–Crippen LogP) is 2.17. The van der Waals surface area contributed by atoms with Gasteiger partial charge < -0.3 is 19.6 Å². The number of amides is 1. The molecule has 130 valence electrons. The Bertz CT molecular complexity index is 650. The van der Waals surface area contributed by atoms with Crippen molar-refractivity contribution in [3.63, 3.8) is 0 Å². The van der Waals surface area contributed by atoms with E-state index in [1.165, 1.54) is 0 Å². The van der Waals surface area contributed by atoms with Gasteiger partial charge in [0, 0.05) is 13.5 Å². The Labute approximate surface area is 140 Å². The number of carboxylic acids is 1. The van der Waals surface area contributed by atoms with Gasteiger partial charge in [0.1, 0.15) is 17.6 Å². The van der Waals surface area contributed by atoms with Crippen molar-refractivity contribution in [2.75, 3.05) is 13.7 Å². The smallest absolute Gasteiger partial charge is 0.307 e. The van der Waals surface area contributed by atoms with Gasteiger partial charge in [0.15, 0.2) is 0 Å². The fourth-order valence-corrected chi connectivity index (χ4v) is 3.92. The number of carbonyl (C=O) groups is 2. The number of carbonyl (C=O) groups excluding carboxylic acids is 1. The second-order valence-electron chi connectivity index (χ2n) is 6.51. The van der Waals surface area contributed by atoms with Gasteiger partial charge >= 0.3 is 5.97 Å². The van der Waals surface area contributed by atoms with Crippen molar-refractivity contribution in [3.05, 3.63) is 35.8 Å². The molecule has 1 saturated carbocycles. The highest BCUT2D eigenvalue weighted by Crippen LogP contribution is 2.48. The van der Waals surface area contributed by atoms with Gasteiger partial charge in [-0.3, -0.25) is 9.59 Å². The van der Waals surface area contributed by atoms with Crippen molar-refractivity contribution >= 4 is 11.9 Å². The Hall–Kier alpha value is -2.08. The number of nitrogens with one attached hydrogen (secondary N) is 1. The fraction of sp³-hybridized carbons (Fsp3) is 0.556. The number of carboxylic acid groups (broad SMARTS) is 1. The fourth-order valence-electron chi connectivity index (χ4n) is 3.92. The topological polar surface area (TPSA) is 88.8 Å². The lowest BCUT2D eigenvalue weighted by molar-refractivity contribution is -0.148. The zero-order valence-electron chi connectivity index (χ0n) is 13.9. The van der Waals surface area contributed by atoms with Crippen LogP contribution in [0.3, 0.4) is 0 Å². The summed E-state index contributed by atoms with van der Waals surface area (Å²) in [6.07, 6.45) is 5.42. The molecule has 2 aliphatic rings. The maximum absolute atomic E-state index is 12.8. The van der Waals surface area contributed by atoms with Crippen molar-refractivity contribution in [3.8, 4) is 0 Å². The Kier molecular flexibility index (Phi) is 4.76. The first-order valence-corrected chi connectivity index (χ1v) is 8.34. The van der Waals surface area contributed by atoms with E-state index in [9.17, 15) is 14.7 Å². The van der Waals surface area contributed by atoms with E-state index in [0.717, 1.165) is 18.6 Å². The van der Waals surface area contributed by atoms with Crippen molar-refractivity contribution in [1.82, 2.24) is 5.32 Å². The summed E-state index contributed by atoms with van der Waals surface area (Å²) in [6, 6.07) is 3.29. The quantitative estimate of drug-likeness (QED) is 0.747. The maximum atomic E-state index is 12.8. The third-order valence-corrected chi connectivity index (χ3v) is 5.07. The Morgan fingerprint density at radius 2 is 2.04 bits per heavy atom. The molecule has 6 heteroatoms. The Morgan fingerprint density at radius 3 is 2.62 bits per heavy atom. The number of fused-ring (bicyclic) bond motifs is 2. The van der Waals surface area contributed by atoms with E-state index in [-0.39, 0.29) is 24.3 Å². The minimum atomic E-state index is -0.901. The second-order valence-corrected chi connectivity index (χ2v) is 6.51. The maximum Gasteiger partial charge on any atom is 0.307 e. The third kappa shape index (κ3) is 2.98. The first-order valence-electron chi connectivity index (χ1n) is 8.34. The van der Waals surface area contributed by atoms with Crippen LogP contribution >= 0.6 is 0 Å². The number of aryl methyl sites for hydroxylation is 1. The summed E-state index contributed by atoms with van der Waals surface area (Å²) < 4.78 is 10.9. The van der Waals surface area contributed by atoms with Crippen molar-refractivity contribution in [1.29, 1.82) is 0 Å². The van der Waals surface area contributed by atoms with E-state index >= 15 is 0 Å². The molecule has 0 aromatic carbocycles. The number of hydrogen-bond acceptors (Lipinski definition) is 4. The highest BCUT2D eigenvalue weighted by atomic mass is 16.5. The molecule has 0 radical (unpaired) electrons. The number of furan rings is 1. The van der Waals surface area contributed by atoms with E-state index in [1.54, 1.807) is 7.11 Å². The normalized spacial score (nSPS) is 28.9. The lowest BCUT2D eigenvalue weighted by atomic mass is 9.82. The van der Waals surface area contributed by atoms with Crippen LogP contribution in [0.15, 0.2) is 28.7 Å². The van der Waals surface area contributed by atoms with Crippen LogP contribution in [0.4, 0.5) is 0 Å². The molecule has 1 aromatic heterocycles. The van der Waals surface area contributed by atoms with E-state index < -0.39 is 23.8 Å². The molecule has 1 aromatic rings. The van der Waals surface area contributed by atoms with Gasteiger partial charge in [0.05, 0.1) is 18.4 Å². The summed E-state index contributed by atoms with van der Waals surface area (Å²) in [5.41, 5.74) is 0. The summed E-state index contributed by atoms with van der Waals surface area (Å²) in [5, 5.41) is 12.4. The highest BCUT2D eigenvalue weighted by molar-refractivity contribution is 5.87. The molecule has 1 amide bonds. The van der Waals surface area contributed by atoms with Gasteiger partial charge in [-0.15, -0.1) is 0 Å². The Morgan fingerprint density at radius 1 is 1.33 bits per heavy atom.